The molecule has 0 N–H and O–H groups in total. The molecule has 1 aromatic heterocycles. The van der Waals surface area contributed by atoms with Gasteiger partial charge in [0.2, 0.25) is 0 Å². The normalized spacial score (nSPS) is 15.5. The number of carbonyl (C=O) groups is 1. The van der Waals surface area contributed by atoms with E-state index in [1.807, 2.05) is 7.05 Å². The number of aromatic nitrogens is 1. The number of rotatable bonds is 3. The van der Waals surface area contributed by atoms with Gasteiger partial charge < -0.3 is 14.2 Å². The van der Waals surface area contributed by atoms with E-state index in [0.717, 1.165) is 23.9 Å². The number of alkyl halides is 3. The highest BCUT2D eigenvalue weighted by molar-refractivity contribution is 5.90. The van der Waals surface area contributed by atoms with E-state index in [9.17, 15) is 18.0 Å². The quantitative estimate of drug-likeness (QED) is 0.805. The molecule has 0 saturated carbocycles. The van der Waals surface area contributed by atoms with Crippen LogP contribution in [0.3, 0.4) is 0 Å². The molecule has 0 amide bonds. The van der Waals surface area contributed by atoms with Gasteiger partial charge in [0.1, 0.15) is 6.54 Å². The summed E-state index contributed by atoms with van der Waals surface area (Å²) in [7, 11) is 1.94. The minimum Gasteiger partial charge on any atom is -0.465 e. The number of benzene rings is 1. The first-order chi connectivity index (χ1) is 11.3. The van der Waals surface area contributed by atoms with Crippen molar-refractivity contribution in [2.45, 2.75) is 32.6 Å². The Morgan fingerprint density at radius 2 is 2.08 bits per heavy atom. The molecule has 0 bridgehead atoms. The van der Waals surface area contributed by atoms with Crippen molar-refractivity contribution in [1.82, 2.24) is 9.47 Å². The van der Waals surface area contributed by atoms with E-state index < -0.39 is 17.7 Å². The first-order valence-corrected chi connectivity index (χ1v) is 7.87. The van der Waals surface area contributed by atoms with Crippen LogP contribution in [0.1, 0.15) is 23.7 Å². The van der Waals surface area contributed by atoms with Gasteiger partial charge in [-0.2, -0.15) is 13.2 Å². The molecule has 0 unspecified atom stereocenters. The number of nitrogens with zero attached hydrogens (tertiary/aromatic N) is 2. The number of halogens is 3. The highest BCUT2D eigenvalue weighted by Crippen LogP contribution is 2.39. The molecule has 2 heterocycles. The lowest BCUT2D eigenvalue weighted by atomic mass is 10.0. The Balaban J connectivity index is 2.25. The largest absolute Gasteiger partial charge is 0.465 e. The van der Waals surface area contributed by atoms with Crippen molar-refractivity contribution in [1.29, 1.82) is 0 Å². The van der Waals surface area contributed by atoms with Crippen LogP contribution in [-0.2, 0) is 35.2 Å². The molecule has 7 heteroatoms. The van der Waals surface area contributed by atoms with Crippen LogP contribution in [0.15, 0.2) is 18.2 Å². The topological polar surface area (TPSA) is 34.5 Å². The predicted octanol–water partition coefficient (Wildman–Crippen LogP) is 3.21. The molecule has 3 rings (SSSR count). The molecule has 130 valence electrons. The lowest BCUT2D eigenvalue weighted by molar-refractivity contribution is -0.144. The van der Waals surface area contributed by atoms with Crippen molar-refractivity contribution in [2.75, 3.05) is 20.2 Å². The molecule has 2 aromatic rings. The molecule has 0 aliphatic carbocycles. The summed E-state index contributed by atoms with van der Waals surface area (Å²) in [4.78, 5) is 14.0. The fourth-order valence-electron chi connectivity index (χ4n) is 3.38. The Morgan fingerprint density at radius 3 is 2.75 bits per heavy atom. The molecule has 0 fully saturated rings. The summed E-state index contributed by atoms with van der Waals surface area (Å²) in [5.74, 6) is -0.520. The molecule has 0 radical (unpaired) electrons. The second kappa shape index (κ2) is 6.12. The van der Waals surface area contributed by atoms with E-state index in [2.05, 4.69) is 4.90 Å². The van der Waals surface area contributed by atoms with Crippen molar-refractivity contribution in [2.24, 2.45) is 0 Å². The van der Waals surface area contributed by atoms with Gasteiger partial charge in [-0.3, -0.25) is 4.79 Å². The van der Waals surface area contributed by atoms with Crippen molar-refractivity contribution in [3.8, 4) is 0 Å². The molecule has 0 spiro atoms. The Bertz CT molecular complexity index is 780. The number of hydrogen-bond acceptors (Lipinski definition) is 3. The van der Waals surface area contributed by atoms with Gasteiger partial charge in [-0.15, -0.1) is 0 Å². The van der Waals surface area contributed by atoms with Crippen LogP contribution in [0.4, 0.5) is 13.2 Å². The number of fused-ring (bicyclic) bond motifs is 3. The Hall–Kier alpha value is -2.02. The molecule has 4 nitrogen and oxygen atoms in total. The minimum absolute atomic E-state index is 0.0818. The summed E-state index contributed by atoms with van der Waals surface area (Å²) in [5, 5.41) is 0.565. The van der Waals surface area contributed by atoms with E-state index in [1.165, 1.54) is 10.6 Å². The number of ether oxygens (including phenoxy) is 1. The third-order valence-corrected chi connectivity index (χ3v) is 4.36. The van der Waals surface area contributed by atoms with E-state index in [-0.39, 0.29) is 18.7 Å². The van der Waals surface area contributed by atoms with Gasteiger partial charge in [0.25, 0.3) is 0 Å². The molecule has 1 aromatic carbocycles. The fraction of sp³-hybridized carbons (Fsp3) is 0.471. The van der Waals surface area contributed by atoms with Gasteiger partial charge in [0.05, 0.1) is 17.7 Å². The Labute approximate surface area is 137 Å². The van der Waals surface area contributed by atoms with Gasteiger partial charge in [0, 0.05) is 30.6 Å². The SMILES string of the molecule is CCOC(=O)Cn1c2c(c3cccc(C(F)(F)F)c31)CN(C)CC2. The lowest BCUT2D eigenvalue weighted by Gasteiger charge is -2.24. The van der Waals surface area contributed by atoms with Crippen molar-refractivity contribution < 1.29 is 22.7 Å². The second-order valence-electron chi connectivity index (χ2n) is 6.00. The van der Waals surface area contributed by atoms with Crippen molar-refractivity contribution in [3.05, 3.63) is 35.0 Å². The zero-order valence-corrected chi connectivity index (χ0v) is 13.6. The number of likely N-dealkylation sites (N-methyl/N-ethyl adjacent to an activating group) is 1. The smallest absolute Gasteiger partial charge is 0.418 e. The van der Waals surface area contributed by atoms with Gasteiger partial charge in [-0.25, -0.2) is 0 Å². The van der Waals surface area contributed by atoms with Crippen molar-refractivity contribution in [3.63, 3.8) is 0 Å². The van der Waals surface area contributed by atoms with Crippen LogP contribution in [0.25, 0.3) is 10.9 Å². The average molecular weight is 340 g/mol. The molecule has 0 atom stereocenters. The van der Waals surface area contributed by atoms with Crippen molar-refractivity contribution >= 4 is 16.9 Å². The van der Waals surface area contributed by atoms with Crippen LogP contribution < -0.4 is 0 Å². The van der Waals surface area contributed by atoms with E-state index in [0.29, 0.717) is 18.4 Å². The maximum Gasteiger partial charge on any atom is 0.418 e. The summed E-state index contributed by atoms with van der Waals surface area (Å²) in [5.41, 5.74) is 1.04. The number of para-hydroxylation sites is 1. The minimum atomic E-state index is -4.47. The van der Waals surface area contributed by atoms with Crippen LogP contribution in [-0.4, -0.2) is 35.6 Å². The van der Waals surface area contributed by atoms with Gasteiger partial charge in [0.15, 0.2) is 0 Å². The van der Waals surface area contributed by atoms with E-state index >= 15 is 0 Å². The maximum atomic E-state index is 13.5. The highest BCUT2D eigenvalue weighted by Gasteiger charge is 2.36. The second-order valence-corrected chi connectivity index (χ2v) is 6.00. The number of hydrogen-bond donors (Lipinski definition) is 0. The zero-order valence-electron chi connectivity index (χ0n) is 13.6. The van der Waals surface area contributed by atoms with Gasteiger partial charge in [-0.1, -0.05) is 12.1 Å². The van der Waals surface area contributed by atoms with Crippen LogP contribution in [0.2, 0.25) is 0 Å². The molecule has 1 aliphatic heterocycles. The maximum absolute atomic E-state index is 13.5. The summed E-state index contributed by atoms with van der Waals surface area (Å²) in [6, 6.07) is 4.19. The zero-order chi connectivity index (χ0) is 17.5. The van der Waals surface area contributed by atoms with Crippen LogP contribution in [0.5, 0.6) is 0 Å². The number of carbonyl (C=O) groups excluding carboxylic acids is 1. The first-order valence-electron chi connectivity index (χ1n) is 7.87. The Morgan fingerprint density at radius 1 is 1.33 bits per heavy atom. The first kappa shape index (κ1) is 16.8. The average Bonchev–Trinajstić information content (AvgIpc) is 2.80. The number of esters is 1. The fourth-order valence-corrected chi connectivity index (χ4v) is 3.38. The van der Waals surface area contributed by atoms with Crippen LogP contribution in [0, 0.1) is 0 Å². The van der Waals surface area contributed by atoms with Gasteiger partial charge >= 0.3 is 12.1 Å². The molecular weight excluding hydrogens is 321 g/mol. The molecular formula is C17H19F3N2O2. The molecule has 1 aliphatic rings. The highest BCUT2D eigenvalue weighted by atomic mass is 19.4. The monoisotopic (exact) mass is 340 g/mol. The third kappa shape index (κ3) is 2.88. The predicted molar refractivity (Wildman–Crippen MR) is 83.6 cm³/mol. The van der Waals surface area contributed by atoms with Gasteiger partial charge in [-0.05, 0) is 25.6 Å². The molecule has 0 saturated heterocycles. The molecule has 24 heavy (non-hydrogen) atoms. The summed E-state index contributed by atoms with van der Waals surface area (Å²) >= 11 is 0. The standard InChI is InChI=1S/C17H19F3N2O2/c1-3-24-15(23)10-22-14-7-8-21(2)9-12(14)11-5-4-6-13(16(11)22)17(18,19)20/h4-6H,3,7-10H2,1-2H3. The summed E-state index contributed by atoms with van der Waals surface area (Å²) < 4.78 is 46.9. The van der Waals surface area contributed by atoms with E-state index in [4.69, 9.17) is 4.74 Å². The Kier molecular flexibility index (Phi) is 4.29. The lowest BCUT2D eigenvalue weighted by Crippen LogP contribution is -2.28. The third-order valence-electron chi connectivity index (χ3n) is 4.36. The van der Waals surface area contributed by atoms with E-state index in [1.54, 1.807) is 13.0 Å². The van der Waals surface area contributed by atoms with Crippen LogP contribution >= 0.6 is 0 Å². The summed E-state index contributed by atoms with van der Waals surface area (Å²) in [6.07, 6.45) is -3.87. The summed E-state index contributed by atoms with van der Waals surface area (Å²) in [6.45, 7) is 3.00.